The van der Waals surface area contributed by atoms with Gasteiger partial charge in [0.25, 0.3) is 5.92 Å². The molecule has 8 nitrogen and oxygen atoms in total. The second-order valence-electron chi connectivity index (χ2n) is 10.0. The Labute approximate surface area is 184 Å². The Morgan fingerprint density at radius 2 is 2.03 bits per heavy atom. The first kappa shape index (κ1) is 22.6. The van der Waals surface area contributed by atoms with E-state index in [0.29, 0.717) is 17.7 Å². The van der Waals surface area contributed by atoms with Gasteiger partial charge >= 0.3 is 5.69 Å². The largest absolute Gasteiger partial charge is 0.445 e. The highest BCUT2D eigenvalue weighted by Crippen LogP contribution is 2.46. The van der Waals surface area contributed by atoms with Crippen LogP contribution in [0.5, 0.6) is 0 Å². The van der Waals surface area contributed by atoms with Crippen molar-refractivity contribution in [3.05, 3.63) is 46.7 Å². The van der Waals surface area contributed by atoms with Gasteiger partial charge in [-0.2, -0.15) is 0 Å². The summed E-state index contributed by atoms with van der Waals surface area (Å²) in [7, 11) is 1.61. The van der Waals surface area contributed by atoms with Crippen LogP contribution >= 0.6 is 0 Å². The van der Waals surface area contributed by atoms with E-state index >= 15 is 8.78 Å². The minimum absolute atomic E-state index is 0.0147. The van der Waals surface area contributed by atoms with Crippen LogP contribution in [-0.2, 0) is 19.0 Å². The molecule has 0 bridgehead atoms. The van der Waals surface area contributed by atoms with Crippen LogP contribution in [0, 0.1) is 5.41 Å². The maximum atomic E-state index is 15.5. The number of aliphatic hydroxyl groups excluding tert-OH is 1. The summed E-state index contributed by atoms with van der Waals surface area (Å²) in [5.74, 6) is -3.20. The molecule has 0 spiro atoms. The van der Waals surface area contributed by atoms with Crippen LogP contribution in [0.2, 0.25) is 0 Å². The molecular weight excluding hydrogens is 420 g/mol. The van der Waals surface area contributed by atoms with E-state index < -0.39 is 24.1 Å². The van der Waals surface area contributed by atoms with Gasteiger partial charge in [-0.15, -0.1) is 0 Å². The summed E-state index contributed by atoms with van der Waals surface area (Å²) in [6.45, 7) is 7.61. The van der Waals surface area contributed by atoms with Crippen LogP contribution in [0.15, 0.2) is 33.8 Å². The number of aryl methyl sites for hydroxylation is 1. The maximum absolute atomic E-state index is 15.5. The van der Waals surface area contributed by atoms with Gasteiger partial charge in [0.1, 0.15) is 6.26 Å². The molecule has 0 radical (unpaired) electrons. The van der Waals surface area contributed by atoms with Crippen molar-refractivity contribution in [3.63, 3.8) is 0 Å². The van der Waals surface area contributed by atoms with E-state index in [2.05, 4.69) is 9.97 Å². The van der Waals surface area contributed by atoms with Gasteiger partial charge in [0, 0.05) is 20.1 Å². The molecule has 2 atom stereocenters. The standard InChI is InChI=1S/C22H29F2N5O3/c1-20(2,3)12-29-14-6-7-15(26-16(14)27(5)19(29)31)21(4)8-10-28(13-22(21,23)24)18(30)17-25-9-11-32-17/h6-7,9,11,18,30H,8,10,12-13H2,1-5H3. The van der Waals surface area contributed by atoms with Gasteiger partial charge in [0.05, 0.1) is 29.4 Å². The van der Waals surface area contributed by atoms with Crippen molar-refractivity contribution >= 4 is 11.2 Å². The second kappa shape index (κ2) is 7.48. The number of likely N-dealkylation sites (tertiary alicyclic amines) is 1. The van der Waals surface area contributed by atoms with Gasteiger partial charge in [0.15, 0.2) is 11.9 Å². The zero-order valence-corrected chi connectivity index (χ0v) is 19.0. The monoisotopic (exact) mass is 449 g/mol. The molecule has 0 aromatic carbocycles. The number of nitrogens with zero attached hydrogens (tertiary/aromatic N) is 5. The Bertz CT molecular complexity index is 1180. The third-order valence-electron chi connectivity index (χ3n) is 6.30. The van der Waals surface area contributed by atoms with Crippen molar-refractivity contribution in [2.24, 2.45) is 12.5 Å². The van der Waals surface area contributed by atoms with Crippen molar-refractivity contribution in [1.29, 1.82) is 0 Å². The predicted octanol–water partition coefficient (Wildman–Crippen LogP) is 3.06. The number of aromatic nitrogens is 4. The van der Waals surface area contributed by atoms with Crippen LogP contribution in [0.25, 0.3) is 11.2 Å². The van der Waals surface area contributed by atoms with Crippen LogP contribution < -0.4 is 5.69 Å². The first-order valence-electron chi connectivity index (χ1n) is 10.6. The molecule has 0 amide bonds. The Balaban J connectivity index is 1.69. The van der Waals surface area contributed by atoms with E-state index in [4.69, 9.17) is 4.42 Å². The van der Waals surface area contributed by atoms with Crippen LogP contribution in [0.3, 0.4) is 0 Å². The fraction of sp³-hybridized carbons (Fsp3) is 0.591. The zero-order valence-electron chi connectivity index (χ0n) is 19.0. The lowest BCUT2D eigenvalue weighted by molar-refractivity contribution is -0.162. The summed E-state index contributed by atoms with van der Waals surface area (Å²) >= 11 is 0. The first-order chi connectivity index (χ1) is 14.8. The molecule has 1 saturated heterocycles. The number of aliphatic hydroxyl groups is 1. The summed E-state index contributed by atoms with van der Waals surface area (Å²) in [4.78, 5) is 22.4. The molecule has 32 heavy (non-hydrogen) atoms. The van der Waals surface area contributed by atoms with Crippen molar-refractivity contribution < 1.29 is 18.3 Å². The quantitative estimate of drug-likeness (QED) is 0.659. The SMILES string of the molecule is Cn1c(=O)n(CC(C)(C)C)c2ccc(C3(C)CCN(C(O)c4ncco4)CC3(F)F)nc21. The Hall–Kier alpha value is -2.59. The number of alkyl halides is 2. The predicted molar refractivity (Wildman–Crippen MR) is 114 cm³/mol. The molecule has 4 heterocycles. The molecule has 4 rings (SSSR count). The average molecular weight is 450 g/mol. The third kappa shape index (κ3) is 3.65. The van der Waals surface area contributed by atoms with Crippen LogP contribution in [-0.4, -0.2) is 48.1 Å². The van der Waals surface area contributed by atoms with E-state index in [-0.39, 0.29) is 35.7 Å². The van der Waals surface area contributed by atoms with Gasteiger partial charge in [-0.3, -0.25) is 14.0 Å². The number of halogens is 2. The van der Waals surface area contributed by atoms with Crippen molar-refractivity contribution in [1.82, 2.24) is 24.0 Å². The highest BCUT2D eigenvalue weighted by molar-refractivity contribution is 5.72. The van der Waals surface area contributed by atoms with Crippen LogP contribution in [0.4, 0.5) is 8.78 Å². The van der Waals surface area contributed by atoms with Gasteiger partial charge in [0.2, 0.25) is 5.89 Å². The van der Waals surface area contributed by atoms with E-state index in [1.165, 1.54) is 28.9 Å². The van der Waals surface area contributed by atoms with Gasteiger partial charge in [-0.25, -0.2) is 23.5 Å². The molecular formula is C22H29F2N5O3. The normalized spacial score (nSPS) is 23.0. The molecule has 174 valence electrons. The van der Waals surface area contributed by atoms with E-state index in [1.54, 1.807) is 23.7 Å². The lowest BCUT2D eigenvalue weighted by Crippen LogP contribution is -2.57. The highest BCUT2D eigenvalue weighted by atomic mass is 19.3. The number of hydrogen-bond donors (Lipinski definition) is 1. The number of imidazole rings is 1. The summed E-state index contributed by atoms with van der Waals surface area (Å²) in [6.07, 6.45) is 1.37. The fourth-order valence-corrected chi connectivity index (χ4v) is 4.31. The van der Waals surface area contributed by atoms with E-state index in [0.717, 1.165) is 0 Å². The molecule has 3 aromatic rings. The second-order valence-corrected chi connectivity index (χ2v) is 10.0. The molecule has 0 saturated carbocycles. The molecule has 1 aliphatic heterocycles. The molecule has 2 unspecified atom stereocenters. The topological polar surface area (TPSA) is 89.3 Å². The highest BCUT2D eigenvalue weighted by Gasteiger charge is 2.56. The van der Waals surface area contributed by atoms with Crippen molar-refractivity contribution in [3.8, 4) is 0 Å². The fourth-order valence-electron chi connectivity index (χ4n) is 4.31. The Morgan fingerprint density at radius 3 is 2.62 bits per heavy atom. The van der Waals surface area contributed by atoms with Crippen molar-refractivity contribution in [2.75, 3.05) is 13.1 Å². The lowest BCUT2D eigenvalue weighted by atomic mass is 9.74. The van der Waals surface area contributed by atoms with Crippen molar-refractivity contribution in [2.45, 2.75) is 58.2 Å². The zero-order chi connectivity index (χ0) is 23.5. The number of pyridine rings is 1. The maximum Gasteiger partial charge on any atom is 0.330 e. The lowest BCUT2D eigenvalue weighted by Gasteiger charge is -2.45. The molecule has 1 aliphatic rings. The summed E-state index contributed by atoms with van der Waals surface area (Å²) < 4.78 is 39.1. The number of hydrogen-bond acceptors (Lipinski definition) is 6. The van der Waals surface area contributed by atoms with Gasteiger partial charge < -0.3 is 9.52 Å². The van der Waals surface area contributed by atoms with Crippen LogP contribution in [0.1, 0.15) is 51.9 Å². The smallest absolute Gasteiger partial charge is 0.330 e. The number of oxazole rings is 1. The summed E-state index contributed by atoms with van der Waals surface area (Å²) in [5.41, 5.74) is -0.678. The molecule has 10 heteroatoms. The van der Waals surface area contributed by atoms with Gasteiger partial charge in [-0.05, 0) is 30.9 Å². The van der Waals surface area contributed by atoms with E-state index in [9.17, 15) is 9.90 Å². The molecule has 0 aliphatic carbocycles. The molecule has 1 fully saturated rings. The average Bonchev–Trinajstić information content (AvgIpc) is 3.32. The summed E-state index contributed by atoms with van der Waals surface area (Å²) in [5, 5.41) is 10.4. The number of fused-ring (bicyclic) bond motifs is 1. The minimum atomic E-state index is -3.19. The molecule has 3 aromatic heterocycles. The molecule has 1 N–H and O–H groups in total. The third-order valence-corrected chi connectivity index (χ3v) is 6.30. The number of piperidine rings is 1. The van der Waals surface area contributed by atoms with E-state index in [1.807, 2.05) is 20.8 Å². The summed E-state index contributed by atoms with van der Waals surface area (Å²) in [6, 6.07) is 3.30. The van der Waals surface area contributed by atoms with Gasteiger partial charge in [-0.1, -0.05) is 20.8 Å². The Kier molecular flexibility index (Phi) is 5.28. The minimum Gasteiger partial charge on any atom is -0.445 e. The first-order valence-corrected chi connectivity index (χ1v) is 10.6. The Morgan fingerprint density at radius 1 is 1.31 bits per heavy atom. The number of rotatable bonds is 4.